The minimum atomic E-state index is -0.416. The average molecular weight is 287 g/mol. The second-order valence-corrected chi connectivity index (χ2v) is 4.23. The predicted molar refractivity (Wildman–Crippen MR) is 76.2 cm³/mol. The fourth-order valence-corrected chi connectivity index (χ4v) is 1.85. The molecule has 0 aliphatic carbocycles. The molecular formula is C13H19ClN2O3. The number of methoxy groups -OCH3 is 1. The predicted octanol–water partition coefficient (Wildman–Crippen LogP) is 1.35. The van der Waals surface area contributed by atoms with E-state index in [4.69, 9.17) is 9.47 Å². The van der Waals surface area contributed by atoms with Crippen LogP contribution in [0.2, 0.25) is 0 Å². The first kappa shape index (κ1) is 15.8. The van der Waals surface area contributed by atoms with Crippen molar-refractivity contribution in [1.82, 2.24) is 5.32 Å². The van der Waals surface area contributed by atoms with Crippen LogP contribution in [0.1, 0.15) is 5.56 Å². The Labute approximate surface area is 119 Å². The number of aryl methyl sites for hydroxylation is 1. The Morgan fingerprint density at radius 1 is 1.53 bits per heavy atom. The van der Waals surface area contributed by atoms with E-state index in [2.05, 4.69) is 10.6 Å². The van der Waals surface area contributed by atoms with Crippen LogP contribution in [0.25, 0.3) is 0 Å². The van der Waals surface area contributed by atoms with Gasteiger partial charge in [0.15, 0.2) is 0 Å². The number of rotatable bonds is 3. The first-order chi connectivity index (χ1) is 8.70. The largest absolute Gasteiger partial charge is 0.497 e. The zero-order chi connectivity index (χ0) is 13.0. The normalized spacial score (nSPS) is 18.3. The first-order valence-corrected chi connectivity index (χ1v) is 5.98. The van der Waals surface area contributed by atoms with Crippen LogP contribution in [0.3, 0.4) is 0 Å². The molecule has 0 radical (unpaired) electrons. The molecule has 2 N–H and O–H groups in total. The van der Waals surface area contributed by atoms with Crippen molar-refractivity contribution < 1.29 is 14.3 Å². The van der Waals surface area contributed by atoms with Crippen LogP contribution in [0.4, 0.5) is 5.69 Å². The van der Waals surface area contributed by atoms with Gasteiger partial charge in [-0.15, -0.1) is 12.4 Å². The molecule has 19 heavy (non-hydrogen) atoms. The van der Waals surface area contributed by atoms with Crippen LogP contribution in [-0.4, -0.2) is 38.8 Å². The van der Waals surface area contributed by atoms with Gasteiger partial charge in [0.1, 0.15) is 11.9 Å². The minimum absolute atomic E-state index is 0. The molecule has 1 aliphatic heterocycles. The summed E-state index contributed by atoms with van der Waals surface area (Å²) in [7, 11) is 1.62. The molecule has 1 heterocycles. The summed E-state index contributed by atoms with van der Waals surface area (Å²) in [5.41, 5.74) is 1.75. The molecule has 1 unspecified atom stereocenters. The first-order valence-electron chi connectivity index (χ1n) is 5.98. The van der Waals surface area contributed by atoms with Crippen molar-refractivity contribution in [3.05, 3.63) is 23.8 Å². The standard InChI is InChI=1S/C13H18N2O3.ClH/c1-9-7-10(17-2)3-4-11(9)15-13(16)12-8-14-5-6-18-12;/h3-4,7,12,14H,5-6,8H2,1-2H3,(H,15,16);1H. The van der Waals surface area contributed by atoms with E-state index in [0.717, 1.165) is 23.5 Å². The van der Waals surface area contributed by atoms with Gasteiger partial charge in [0.05, 0.1) is 13.7 Å². The number of benzene rings is 1. The lowest BCUT2D eigenvalue weighted by Gasteiger charge is -2.23. The van der Waals surface area contributed by atoms with Crippen molar-refractivity contribution in [2.75, 3.05) is 32.1 Å². The highest BCUT2D eigenvalue weighted by Crippen LogP contribution is 2.21. The second-order valence-electron chi connectivity index (χ2n) is 4.23. The molecule has 1 aliphatic rings. The van der Waals surface area contributed by atoms with Crippen LogP contribution in [-0.2, 0) is 9.53 Å². The Bertz CT molecular complexity index is 434. The van der Waals surface area contributed by atoms with E-state index in [0.29, 0.717) is 13.2 Å². The van der Waals surface area contributed by atoms with Gasteiger partial charge in [0.25, 0.3) is 5.91 Å². The number of ether oxygens (including phenoxy) is 2. The highest BCUT2D eigenvalue weighted by molar-refractivity contribution is 5.95. The molecule has 1 fully saturated rings. The molecule has 0 saturated carbocycles. The van der Waals surface area contributed by atoms with E-state index in [9.17, 15) is 4.79 Å². The van der Waals surface area contributed by atoms with Gasteiger partial charge in [-0.1, -0.05) is 0 Å². The van der Waals surface area contributed by atoms with Gasteiger partial charge in [-0.3, -0.25) is 4.79 Å². The SMILES string of the molecule is COc1ccc(NC(=O)C2CNCCO2)c(C)c1.Cl. The lowest BCUT2D eigenvalue weighted by molar-refractivity contribution is -0.128. The van der Waals surface area contributed by atoms with Crippen molar-refractivity contribution in [2.24, 2.45) is 0 Å². The molecule has 0 aromatic heterocycles. The summed E-state index contributed by atoms with van der Waals surface area (Å²) in [4.78, 5) is 12.0. The zero-order valence-corrected chi connectivity index (χ0v) is 11.9. The summed E-state index contributed by atoms with van der Waals surface area (Å²) in [6, 6.07) is 5.54. The van der Waals surface area contributed by atoms with Gasteiger partial charge in [-0.2, -0.15) is 0 Å². The van der Waals surface area contributed by atoms with Crippen LogP contribution >= 0.6 is 12.4 Å². The third kappa shape index (κ3) is 4.09. The van der Waals surface area contributed by atoms with Crippen LogP contribution in [0, 0.1) is 6.92 Å². The quantitative estimate of drug-likeness (QED) is 0.881. The van der Waals surface area contributed by atoms with E-state index in [1.807, 2.05) is 25.1 Å². The van der Waals surface area contributed by atoms with E-state index in [-0.39, 0.29) is 18.3 Å². The van der Waals surface area contributed by atoms with E-state index < -0.39 is 6.10 Å². The van der Waals surface area contributed by atoms with Crippen LogP contribution < -0.4 is 15.4 Å². The molecule has 2 rings (SSSR count). The summed E-state index contributed by atoms with van der Waals surface area (Å²) in [5, 5.41) is 6.00. The highest BCUT2D eigenvalue weighted by atomic mass is 35.5. The number of nitrogens with one attached hydrogen (secondary N) is 2. The molecule has 1 saturated heterocycles. The topological polar surface area (TPSA) is 59.6 Å². The summed E-state index contributed by atoms with van der Waals surface area (Å²) < 4.78 is 10.5. The maximum absolute atomic E-state index is 12.0. The fraction of sp³-hybridized carbons (Fsp3) is 0.462. The van der Waals surface area contributed by atoms with Crippen LogP contribution in [0.5, 0.6) is 5.75 Å². The summed E-state index contributed by atoms with van der Waals surface area (Å²) in [5.74, 6) is 0.663. The Balaban J connectivity index is 0.00000180. The van der Waals surface area contributed by atoms with Gasteiger partial charge < -0.3 is 20.1 Å². The molecule has 1 aromatic carbocycles. The second kappa shape index (κ2) is 7.33. The van der Waals surface area contributed by atoms with Crippen molar-refractivity contribution >= 4 is 24.0 Å². The van der Waals surface area contributed by atoms with E-state index in [1.54, 1.807) is 7.11 Å². The minimum Gasteiger partial charge on any atom is -0.497 e. The van der Waals surface area contributed by atoms with Crippen LogP contribution in [0.15, 0.2) is 18.2 Å². The van der Waals surface area contributed by atoms with Gasteiger partial charge >= 0.3 is 0 Å². The lowest BCUT2D eigenvalue weighted by Crippen LogP contribution is -2.45. The third-order valence-electron chi connectivity index (χ3n) is 2.91. The summed E-state index contributed by atoms with van der Waals surface area (Å²) in [6.07, 6.45) is -0.416. The number of carbonyl (C=O) groups is 1. The Morgan fingerprint density at radius 3 is 2.89 bits per heavy atom. The Kier molecular flexibility index (Phi) is 6.08. The van der Waals surface area contributed by atoms with Crippen molar-refractivity contribution in [3.63, 3.8) is 0 Å². The van der Waals surface area contributed by atoms with Gasteiger partial charge in [0, 0.05) is 18.8 Å². The highest BCUT2D eigenvalue weighted by Gasteiger charge is 2.22. The number of hydrogen-bond donors (Lipinski definition) is 2. The van der Waals surface area contributed by atoms with Crippen molar-refractivity contribution in [1.29, 1.82) is 0 Å². The molecule has 106 valence electrons. The van der Waals surface area contributed by atoms with Gasteiger partial charge in [-0.25, -0.2) is 0 Å². The number of amides is 1. The summed E-state index contributed by atoms with van der Waals surface area (Å²) in [6.45, 7) is 3.85. The fourth-order valence-electron chi connectivity index (χ4n) is 1.85. The number of hydrogen-bond acceptors (Lipinski definition) is 4. The smallest absolute Gasteiger partial charge is 0.254 e. The average Bonchev–Trinajstić information content (AvgIpc) is 2.42. The van der Waals surface area contributed by atoms with Crippen molar-refractivity contribution in [2.45, 2.75) is 13.0 Å². The van der Waals surface area contributed by atoms with Gasteiger partial charge in [0.2, 0.25) is 0 Å². The van der Waals surface area contributed by atoms with E-state index in [1.165, 1.54) is 0 Å². The molecule has 6 heteroatoms. The molecule has 0 bridgehead atoms. The third-order valence-corrected chi connectivity index (χ3v) is 2.91. The number of anilines is 1. The molecule has 1 atom stereocenters. The molecular weight excluding hydrogens is 268 g/mol. The molecule has 5 nitrogen and oxygen atoms in total. The Hall–Kier alpha value is -1.30. The number of carbonyl (C=O) groups excluding carboxylic acids is 1. The lowest BCUT2D eigenvalue weighted by atomic mass is 10.2. The molecule has 1 amide bonds. The monoisotopic (exact) mass is 286 g/mol. The maximum Gasteiger partial charge on any atom is 0.254 e. The Morgan fingerprint density at radius 2 is 2.32 bits per heavy atom. The maximum atomic E-state index is 12.0. The number of morpholine rings is 1. The van der Waals surface area contributed by atoms with Crippen molar-refractivity contribution in [3.8, 4) is 5.75 Å². The zero-order valence-electron chi connectivity index (χ0n) is 11.1. The summed E-state index contributed by atoms with van der Waals surface area (Å²) >= 11 is 0. The van der Waals surface area contributed by atoms with E-state index >= 15 is 0 Å². The number of halogens is 1. The molecule has 1 aromatic rings. The van der Waals surface area contributed by atoms with Gasteiger partial charge in [-0.05, 0) is 30.7 Å². The molecule has 0 spiro atoms.